The summed E-state index contributed by atoms with van der Waals surface area (Å²) in [4.78, 5) is 4.56. The van der Waals surface area contributed by atoms with Crippen LogP contribution >= 0.6 is 12.4 Å². The van der Waals surface area contributed by atoms with Crippen LogP contribution < -0.4 is 11.5 Å². The molecule has 17 heavy (non-hydrogen) atoms. The molecule has 1 aromatic heterocycles. The van der Waals surface area contributed by atoms with Crippen LogP contribution in [0.5, 0.6) is 0 Å². The molecule has 1 atom stereocenters. The Morgan fingerprint density at radius 2 is 1.88 bits per heavy atom. The Bertz CT molecular complexity index is 473. The second-order valence-electron chi connectivity index (χ2n) is 3.97. The van der Waals surface area contributed by atoms with Crippen LogP contribution in [0, 0.1) is 0 Å². The molecule has 0 radical (unpaired) electrons. The number of nitrogens with two attached hydrogens (primary N) is 2. The van der Waals surface area contributed by atoms with Gasteiger partial charge in [-0.25, -0.2) is 0 Å². The molecule has 1 heterocycles. The van der Waals surface area contributed by atoms with Gasteiger partial charge in [0.05, 0.1) is 11.2 Å². The Kier molecular flexibility index (Phi) is 5.35. The van der Waals surface area contributed by atoms with Gasteiger partial charge in [-0.15, -0.1) is 12.4 Å². The Labute approximate surface area is 108 Å². The first-order chi connectivity index (χ1) is 7.81. The summed E-state index contributed by atoms with van der Waals surface area (Å²) in [6.07, 6.45) is 1.83. The number of benzene rings is 1. The maximum Gasteiger partial charge on any atom is 0.0706 e. The Balaban J connectivity index is 0.00000144. The van der Waals surface area contributed by atoms with Gasteiger partial charge in [0.1, 0.15) is 0 Å². The van der Waals surface area contributed by atoms with Crippen molar-refractivity contribution in [2.75, 3.05) is 6.54 Å². The van der Waals surface area contributed by atoms with Crippen LogP contribution in [0.1, 0.15) is 24.6 Å². The molecule has 0 aliphatic heterocycles. The molecule has 0 aliphatic rings. The lowest BCUT2D eigenvalue weighted by Gasteiger charge is -2.10. The monoisotopic (exact) mass is 251 g/mol. The fraction of sp³-hybridized carbons (Fsp3) is 0.308. The molecule has 0 unspecified atom stereocenters. The first-order valence-electron chi connectivity index (χ1n) is 5.62. The average Bonchev–Trinajstić information content (AvgIpc) is 2.35. The summed E-state index contributed by atoms with van der Waals surface area (Å²) in [5.74, 6) is 0. The lowest BCUT2D eigenvalue weighted by molar-refractivity contribution is 0.605. The predicted octanol–water partition coefficient (Wildman–Crippen LogP) is 2.40. The zero-order chi connectivity index (χ0) is 11.4. The third-order valence-corrected chi connectivity index (χ3v) is 2.72. The molecule has 0 aliphatic carbocycles. The SMILES string of the molecule is Cl.NCCC[C@@H](N)c1ccc2ccccc2n1. The number of para-hydroxylation sites is 1. The summed E-state index contributed by atoms with van der Waals surface area (Å²) < 4.78 is 0. The van der Waals surface area contributed by atoms with E-state index in [1.807, 2.05) is 24.3 Å². The molecular formula is C13H18ClN3. The van der Waals surface area contributed by atoms with Gasteiger partial charge in [-0.2, -0.15) is 0 Å². The number of aromatic nitrogens is 1. The van der Waals surface area contributed by atoms with Crippen molar-refractivity contribution in [3.8, 4) is 0 Å². The van der Waals surface area contributed by atoms with Crippen LogP contribution in [0.3, 0.4) is 0 Å². The van der Waals surface area contributed by atoms with Gasteiger partial charge in [0.2, 0.25) is 0 Å². The van der Waals surface area contributed by atoms with Crippen LogP contribution in [-0.4, -0.2) is 11.5 Å². The van der Waals surface area contributed by atoms with Crippen molar-refractivity contribution in [1.82, 2.24) is 4.98 Å². The minimum atomic E-state index is -0.00634. The van der Waals surface area contributed by atoms with E-state index in [-0.39, 0.29) is 18.4 Å². The van der Waals surface area contributed by atoms with Crippen molar-refractivity contribution < 1.29 is 0 Å². The second-order valence-corrected chi connectivity index (χ2v) is 3.97. The zero-order valence-electron chi connectivity index (χ0n) is 9.67. The molecule has 0 amide bonds. The van der Waals surface area contributed by atoms with Crippen LogP contribution in [-0.2, 0) is 0 Å². The molecule has 3 nitrogen and oxygen atoms in total. The molecule has 0 saturated carbocycles. The molecule has 2 aromatic rings. The molecule has 1 aromatic carbocycles. The molecule has 0 saturated heterocycles. The summed E-state index contributed by atoms with van der Waals surface area (Å²) >= 11 is 0. The number of rotatable bonds is 4. The minimum absolute atomic E-state index is 0. The first-order valence-corrected chi connectivity index (χ1v) is 5.62. The van der Waals surface area contributed by atoms with E-state index in [9.17, 15) is 0 Å². The van der Waals surface area contributed by atoms with E-state index in [0.29, 0.717) is 6.54 Å². The van der Waals surface area contributed by atoms with Crippen molar-refractivity contribution in [3.05, 3.63) is 42.1 Å². The third kappa shape index (κ3) is 3.40. The van der Waals surface area contributed by atoms with Crippen LogP contribution in [0.25, 0.3) is 10.9 Å². The fourth-order valence-electron chi connectivity index (χ4n) is 1.77. The summed E-state index contributed by atoms with van der Waals surface area (Å²) in [6, 6.07) is 12.1. The maximum atomic E-state index is 6.05. The van der Waals surface area contributed by atoms with Gasteiger partial charge in [0.25, 0.3) is 0 Å². The van der Waals surface area contributed by atoms with Gasteiger partial charge in [0.15, 0.2) is 0 Å². The van der Waals surface area contributed by atoms with Crippen molar-refractivity contribution in [2.24, 2.45) is 11.5 Å². The highest BCUT2D eigenvalue weighted by atomic mass is 35.5. The number of hydrogen-bond donors (Lipinski definition) is 2. The molecule has 0 bridgehead atoms. The zero-order valence-corrected chi connectivity index (χ0v) is 10.5. The Morgan fingerprint density at radius 3 is 2.65 bits per heavy atom. The van der Waals surface area contributed by atoms with E-state index in [1.54, 1.807) is 0 Å². The molecular weight excluding hydrogens is 234 g/mol. The maximum absolute atomic E-state index is 6.05. The summed E-state index contributed by atoms with van der Waals surface area (Å²) in [5, 5.41) is 1.15. The normalized spacial score (nSPS) is 12.1. The number of fused-ring (bicyclic) bond motifs is 1. The van der Waals surface area contributed by atoms with Crippen LogP contribution in [0.15, 0.2) is 36.4 Å². The van der Waals surface area contributed by atoms with Gasteiger partial charge in [-0.1, -0.05) is 24.3 Å². The van der Waals surface area contributed by atoms with Gasteiger partial charge in [-0.05, 0) is 31.5 Å². The van der Waals surface area contributed by atoms with Crippen LogP contribution in [0.4, 0.5) is 0 Å². The smallest absolute Gasteiger partial charge is 0.0706 e. The van der Waals surface area contributed by atoms with E-state index in [4.69, 9.17) is 11.5 Å². The minimum Gasteiger partial charge on any atom is -0.330 e. The van der Waals surface area contributed by atoms with E-state index < -0.39 is 0 Å². The fourth-order valence-corrected chi connectivity index (χ4v) is 1.77. The molecule has 0 spiro atoms. The predicted molar refractivity (Wildman–Crippen MR) is 74.2 cm³/mol. The van der Waals surface area contributed by atoms with Crippen molar-refractivity contribution in [3.63, 3.8) is 0 Å². The van der Waals surface area contributed by atoms with Crippen molar-refractivity contribution in [1.29, 1.82) is 0 Å². The van der Waals surface area contributed by atoms with Gasteiger partial charge in [0, 0.05) is 11.4 Å². The van der Waals surface area contributed by atoms with E-state index >= 15 is 0 Å². The number of hydrogen-bond acceptors (Lipinski definition) is 3. The lowest BCUT2D eigenvalue weighted by Crippen LogP contribution is -2.13. The van der Waals surface area contributed by atoms with Gasteiger partial charge < -0.3 is 11.5 Å². The standard InChI is InChI=1S/C13H17N3.ClH/c14-9-3-5-11(15)13-8-7-10-4-1-2-6-12(10)16-13;/h1-2,4,6-8,11H,3,5,9,14-15H2;1H/t11-;/m1./s1. The van der Waals surface area contributed by atoms with Gasteiger partial charge in [-0.3, -0.25) is 4.98 Å². The second kappa shape index (κ2) is 6.55. The highest BCUT2D eigenvalue weighted by molar-refractivity contribution is 5.85. The van der Waals surface area contributed by atoms with E-state index in [2.05, 4.69) is 17.1 Å². The molecule has 0 fully saturated rings. The van der Waals surface area contributed by atoms with E-state index in [0.717, 1.165) is 29.4 Å². The quantitative estimate of drug-likeness (QED) is 0.877. The number of nitrogens with zero attached hydrogens (tertiary/aromatic N) is 1. The largest absolute Gasteiger partial charge is 0.330 e. The van der Waals surface area contributed by atoms with E-state index in [1.165, 1.54) is 0 Å². The third-order valence-electron chi connectivity index (χ3n) is 2.72. The molecule has 92 valence electrons. The van der Waals surface area contributed by atoms with Crippen molar-refractivity contribution >= 4 is 23.3 Å². The highest BCUT2D eigenvalue weighted by Crippen LogP contribution is 2.17. The summed E-state index contributed by atoms with van der Waals surface area (Å²) in [6.45, 7) is 0.682. The molecule has 4 N–H and O–H groups in total. The van der Waals surface area contributed by atoms with Crippen LogP contribution in [0.2, 0.25) is 0 Å². The average molecular weight is 252 g/mol. The first kappa shape index (κ1) is 13.9. The number of halogens is 1. The summed E-state index contributed by atoms with van der Waals surface area (Å²) in [7, 11) is 0. The number of pyridine rings is 1. The van der Waals surface area contributed by atoms with Gasteiger partial charge >= 0.3 is 0 Å². The highest BCUT2D eigenvalue weighted by Gasteiger charge is 2.07. The molecule has 2 rings (SSSR count). The lowest BCUT2D eigenvalue weighted by atomic mass is 10.1. The molecule has 4 heteroatoms. The Morgan fingerprint density at radius 1 is 1.12 bits per heavy atom. The summed E-state index contributed by atoms with van der Waals surface area (Å²) in [5.41, 5.74) is 13.5. The topological polar surface area (TPSA) is 64.9 Å². The van der Waals surface area contributed by atoms with Crippen molar-refractivity contribution in [2.45, 2.75) is 18.9 Å². The Hall–Kier alpha value is -1.16.